The van der Waals surface area contributed by atoms with Gasteiger partial charge in [-0.3, -0.25) is 0 Å². The van der Waals surface area contributed by atoms with E-state index < -0.39 is 0 Å². The fourth-order valence-corrected chi connectivity index (χ4v) is 2.01. The lowest BCUT2D eigenvalue weighted by atomic mass is 10.0. The van der Waals surface area contributed by atoms with Gasteiger partial charge in [0.25, 0.3) is 0 Å². The van der Waals surface area contributed by atoms with Crippen LogP contribution in [0, 0.1) is 9.49 Å². The van der Waals surface area contributed by atoms with Crippen molar-refractivity contribution in [1.29, 1.82) is 0 Å². The van der Waals surface area contributed by atoms with Gasteiger partial charge in [0.2, 0.25) is 0 Å². The number of benzene rings is 1. The molecule has 1 aliphatic rings. The molecule has 1 aromatic carbocycles. The number of phenols is 1. The highest BCUT2D eigenvalue weighted by molar-refractivity contribution is 14.1. The summed E-state index contributed by atoms with van der Waals surface area (Å²) in [6.07, 6.45) is 2.32. The van der Waals surface area contributed by atoms with E-state index in [0.717, 1.165) is 22.0 Å². The zero-order valence-corrected chi connectivity index (χ0v) is 9.86. The molecule has 0 amide bonds. The van der Waals surface area contributed by atoms with Crippen LogP contribution in [0.15, 0.2) is 12.1 Å². The first-order chi connectivity index (χ1) is 6.61. The summed E-state index contributed by atoms with van der Waals surface area (Å²) in [7, 11) is 0. The van der Waals surface area contributed by atoms with Crippen molar-refractivity contribution in [2.24, 2.45) is 11.7 Å². The van der Waals surface area contributed by atoms with Crippen LogP contribution < -0.4 is 11.5 Å². The molecular weight excluding hydrogens is 291 g/mol. The van der Waals surface area contributed by atoms with Crippen LogP contribution in [0.1, 0.15) is 24.4 Å². The van der Waals surface area contributed by atoms with E-state index in [1.54, 1.807) is 0 Å². The van der Waals surface area contributed by atoms with E-state index in [-0.39, 0.29) is 11.8 Å². The first-order valence-corrected chi connectivity index (χ1v) is 5.71. The van der Waals surface area contributed by atoms with Gasteiger partial charge in [-0.1, -0.05) is 6.07 Å². The fourth-order valence-electron chi connectivity index (χ4n) is 1.58. The molecule has 1 unspecified atom stereocenters. The van der Waals surface area contributed by atoms with Crippen molar-refractivity contribution in [2.75, 3.05) is 5.73 Å². The molecular formula is C10H13IN2O. The Hall–Kier alpha value is -0.490. The van der Waals surface area contributed by atoms with Gasteiger partial charge >= 0.3 is 0 Å². The van der Waals surface area contributed by atoms with Gasteiger partial charge in [0.05, 0.1) is 5.69 Å². The summed E-state index contributed by atoms with van der Waals surface area (Å²) in [5.74, 6) is 0.691. The molecule has 1 saturated carbocycles. The lowest BCUT2D eigenvalue weighted by Crippen LogP contribution is -2.13. The Morgan fingerprint density at radius 3 is 2.64 bits per heavy atom. The number of anilines is 1. The molecule has 2 rings (SSSR count). The molecule has 1 aromatic rings. The van der Waals surface area contributed by atoms with Gasteiger partial charge in [0.15, 0.2) is 0 Å². The summed E-state index contributed by atoms with van der Waals surface area (Å²) in [6, 6.07) is 3.71. The van der Waals surface area contributed by atoms with E-state index in [0.29, 0.717) is 11.6 Å². The van der Waals surface area contributed by atoms with Crippen LogP contribution in [0.3, 0.4) is 0 Å². The van der Waals surface area contributed by atoms with E-state index in [2.05, 4.69) is 22.6 Å². The normalized spacial score (nSPS) is 18.1. The summed E-state index contributed by atoms with van der Waals surface area (Å²) in [5, 5.41) is 9.82. The predicted octanol–water partition coefficient (Wildman–Crippen LogP) is 1.99. The molecule has 0 saturated heterocycles. The van der Waals surface area contributed by atoms with Crippen LogP contribution in [0.4, 0.5) is 5.69 Å². The monoisotopic (exact) mass is 304 g/mol. The van der Waals surface area contributed by atoms with Crippen LogP contribution in [0.2, 0.25) is 0 Å². The highest BCUT2D eigenvalue weighted by Crippen LogP contribution is 2.43. The Kier molecular flexibility index (Phi) is 2.57. The molecule has 0 aliphatic heterocycles. The van der Waals surface area contributed by atoms with E-state index in [9.17, 15) is 5.11 Å². The number of nitrogens with two attached hydrogens (primary N) is 2. The summed E-state index contributed by atoms with van der Waals surface area (Å²) < 4.78 is 0.867. The molecule has 1 atom stereocenters. The minimum Gasteiger partial charge on any atom is -0.505 e. The molecule has 1 aliphatic carbocycles. The zero-order chi connectivity index (χ0) is 10.3. The molecule has 0 spiro atoms. The minimum absolute atomic E-state index is 0.0608. The third-order valence-corrected chi connectivity index (χ3v) is 3.62. The van der Waals surface area contributed by atoms with Gasteiger partial charge in [-0.15, -0.1) is 0 Å². The van der Waals surface area contributed by atoms with Gasteiger partial charge in [0.1, 0.15) is 5.75 Å². The standard InChI is InChI=1S/C10H13IN2O/c11-7-4-3-6(10(14)9(7)13)8(12)5-1-2-5/h3-5,8,14H,1-2,12-13H2. The Morgan fingerprint density at radius 1 is 1.43 bits per heavy atom. The van der Waals surface area contributed by atoms with Crippen LogP contribution >= 0.6 is 22.6 Å². The lowest BCUT2D eigenvalue weighted by Gasteiger charge is -2.14. The largest absolute Gasteiger partial charge is 0.505 e. The minimum atomic E-state index is -0.0608. The number of phenolic OH excluding ortho intramolecular Hbond substituents is 1. The van der Waals surface area contributed by atoms with E-state index >= 15 is 0 Å². The first kappa shape index (κ1) is 10.0. The SMILES string of the molecule is Nc1c(I)ccc(C(N)C2CC2)c1O. The van der Waals surface area contributed by atoms with Gasteiger partial charge in [-0.25, -0.2) is 0 Å². The maximum atomic E-state index is 9.82. The number of hydrogen-bond acceptors (Lipinski definition) is 3. The quantitative estimate of drug-likeness (QED) is 0.444. The molecule has 76 valence electrons. The molecule has 0 heterocycles. The molecule has 0 aromatic heterocycles. The number of nitrogen functional groups attached to an aromatic ring is 1. The van der Waals surface area contributed by atoms with Gasteiger partial charge < -0.3 is 16.6 Å². The smallest absolute Gasteiger partial charge is 0.144 e. The summed E-state index contributed by atoms with van der Waals surface area (Å²) in [5.41, 5.74) is 13.0. The summed E-state index contributed by atoms with van der Waals surface area (Å²) >= 11 is 2.10. The van der Waals surface area contributed by atoms with E-state index in [4.69, 9.17) is 11.5 Å². The van der Waals surface area contributed by atoms with Crippen molar-refractivity contribution in [3.05, 3.63) is 21.3 Å². The van der Waals surface area contributed by atoms with Gasteiger partial charge in [0, 0.05) is 15.2 Å². The van der Waals surface area contributed by atoms with Crippen LogP contribution in [-0.2, 0) is 0 Å². The highest BCUT2D eigenvalue weighted by Gasteiger charge is 2.31. The molecule has 3 nitrogen and oxygen atoms in total. The van der Waals surface area contributed by atoms with Crippen LogP contribution in [0.25, 0.3) is 0 Å². The molecule has 1 fully saturated rings. The summed E-state index contributed by atoms with van der Waals surface area (Å²) in [4.78, 5) is 0. The van der Waals surface area contributed by atoms with Crippen molar-refractivity contribution in [1.82, 2.24) is 0 Å². The van der Waals surface area contributed by atoms with E-state index in [1.807, 2.05) is 12.1 Å². The topological polar surface area (TPSA) is 72.3 Å². The second-order valence-electron chi connectivity index (χ2n) is 3.76. The van der Waals surface area contributed by atoms with Crippen molar-refractivity contribution in [2.45, 2.75) is 18.9 Å². The molecule has 14 heavy (non-hydrogen) atoms. The highest BCUT2D eigenvalue weighted by atomic mass is 127. The zero-order valence-electron chi connectivity index (χ0n) is 7.70. The number of rotatable bonds is 2. The van der Waals surface area contributed by atoms with Crippen molar-refractivity contribution < 1.29 is 5.11 Å². The van der Waals surface area contributed by atoms with Crippen LogP contribution in [0.5, 0.6) is 5.75 Å². The number of hydrogen-bond donors (Lipinski definition) is 3. The Labute approximate surface area is 96.6 Å². The fraction of sp³-hybridized carbons (Fsp3) is 0.400. The van der Waals surface area contributed by atoms with Gasteiger partial charge in [-0.2, -0.15) is 0 Å². The second-order valence-corrected chi connectivity index (χ2v) is 4.92. The number of halogens is 1. The number of aromatic hydroxyl groups is 1. The van der Waals surface area contributed by atoms with Crippen LogP contribution in [-0.4, -0.2) is 5.11 Å². The van der Waals surface area contributed by atoms with Crippen molar-refractivity contribution in [3.8, 4) is 5.75 Å². The van der Waals surface area contributed by atoms with Gasteiger partial charge in [-0.05, 0) is 47.4 Å². The lowest BCUT2D eigenvalue weighted by molar-refractivity contribution is 0.458. The van der Waals surface area contributed by atoms with Crippen molar-refractivity contribution >= 4 is 28.3 Å². The average Bonchev–Trinajstić information content (AvgIpc) is 2.97. The third-order valence-electron chi connectivity index (χ3n) is 2.68. The molecule has 5 N–H and O–H groups in total. The third kappa shape index (κ3) is 1.68. The maximum absolute atomic E-state index is 9.82. The average molecular weight is 304 g/mol. The first-order valence-electron chi connectivity index (χ1n) is 4.63. The second kappa shape index (κ2) is 3.58. The maximum Gasteiger partial charge on any atom is 0.144 e. The van der Waals surface area contributed by atoms with Crippen molar-refractivity contribution in [3.63, 3.8) is 0 Å². The Balaban J connectivity index is 2.38. The molecule has 0 radical (unpaired) electrons. The molecule has 4 heteroatoms. The molecule has 0 bridgehead atoms. The Morgan fingerprint density at radius 2 is 2.07 bits per heavy atom. The Bertz CT molecular complexity index is 363. The van der Waals surface area contributed by atoms with E-state index in [1.165, 1.54) is 0 Å². The predicted molar refractivity (Wildman–Crippen MR) is 64.9 cm³/mol. The summed E-state index contributed by atoms with van der Waals surface area (Å²) in [6.45, 7) is 0.